The Morgan fingerprint density at radius 2 is 1.38 bits per heavy atom. The van der Waals surface area contributed by atoms with E-state index < -0.39 is 0 Å². The summed E-state index contributed by atoms with van der Waals surface area (Å²) < 4.78 is 0. The quantitative estimate of drug-likeness (QED) is 0.836. The zero-order valence-corrected chi connectivity index (χ0v) is 15.6. The van der Waals surface area contributed by atoms with Gasteiger partial charge in [-0.2, -0.15) is 0 Å². The number of hydrogen-bond acceptors (Lipinski definition) is 3. The molecule has 1 aliphatic heterocycles. The molecule has 2 amide bonds. The van der Waals surface area contributed by atoms with E-state index >= 15 is 0 Å². The molecule has 136 valence electrons. The van der Waals surface area contributed by atoms with E-state index in [2.05, 4.69) is 25.8 Å². The number of pyridine rings is 1. The first-order chi connectivity index (χ1) is 12.4. The first-order valence-electron chi connectivity index (χ1n) is 8.95. The van der Waals surface area contributed by atoms with E-state index in [-0.39, 0.29) is 17.2 Å². The Morgan fingerprint density at radius 3 is 1.85 bits per heavy atom. The molecule has 1 aliphatic rings. The van der Waals surface area contributed by atoms with Crippen LogP contribution in [-0.4, -0.2) is 52.8 Å². The number of carbonyl (C=O) groups excluding carboxylic acids is 2. The van der Waals surface area contributed by atoms with Gasteiger partial charge in [0.05, 0.1) is 5.56 Å². The Morgan fingerprint density at radius 1 is 0.846 bits per heavy atom. The molecule has 0 atom stereocenters. The minimum Gasteiger partial charge on any atom is -0.335 e. The molecule has 5 heteroatoms. The van der Waals surface area contributed by atoms with Gasteiger partial charge in [-0.1, -0.05) is 32.9 Å². The molecule has 1 saturated heterocycles. The molecule has 26 heavy (non-hydrogen) atoms. The van der Waals surface area contributed by atoms with Gasteiger partial charge < -0.3 is 9.80 Å². The van der Waals surface area contributed by atoms with Crippen molar-refractivity contribution in [1.29, 1.82) is 0 Å². The van der Waals surface area contributed by atoms with Gasteiger partial charge in [0.15, 0.2) is 0 Å². The summed E-state index contributed by atoms with van der Waals surface area (Å²) in [7, 11) is 0. The van der Waals surface area contributed by atoms with Crippen LogP contribution in [-0.2, 0) is 5.41 Å². The lowest BCUT2D eigenvalue weighted by molar-refractivity contribution is 0.0535. The highest BCUT2D eigenvalue weighted by atomic mass is 16.2. The Labute approximate surface area is 154 Å². The van der Waals surface area contributed by atoms with Crippen LogP contribution in [0.25, 0.3) is 0 Å². The smallest absolute Gasteiger partial charge is 0.255 e. The van der Waals surface area contributed by atoms with Gasteiger partial charge in [-0.05, 0) is 35.2 Å². The highest BCUT2D eigenvalue weighted by Crippen LogP contribution is 2.22. The highest BCUT2D eigenvalue weighted by molar-refractivity contribution is 5.95. The lowest BCUT2D eigenvalue weighted by Crippen LogP contribution is -2.50. The van der Waals surface area contributed by atoms with Gasteiger partial charge in [0, 0.05) is 44.1 Å². The van der Waals surface area contributed by atoms with Crippen molar-refractivity contribution in [2.75, 3.05) is 26.2 Å². The normalized spacial score (nSPS) is 15.0. The maximum atomic E-state index is 12.7. The predicted molar refractivity (Wildman–Crippen MR) is 101 cm³/mol. The van der Waals surface area contributed by atoms with Gasteiger partial charge in [-0.25, -0.2) is 0 Å². The average Bonchev–Trinajstić information content (AvgIpc) is 2.67. The summed E-state index contributed by atoms with van der Waals surface area (Å²) in [5.41, 5.74) is 2.57. The molecule has 0 unspecified atom stereocenters. The zero-order valence-electron chi connectivity index (χ0n) is 15.6. The lowest BCUT2D eigenvalue weighted by Gasteiger charge is -2.35. The van der Waals surface area contributed by atoms with Crippen molar-refractivity contribution in [3.8, 4) is 0 Å². The number of benzene rings is 1. The van der Waals surface area contributed by atoms with Crippen LogP contribution >= 0.6 is 0 Å². The molecule has 0 bridgehead atoms. The number of hydrogen-bond donors (Lipinski definition) is 0. The van der Waals surface area contributed by atoms with Crippen molar-refractivity contribution in [2.45, 2.75) is 26.2 Å². The maximum Gasteiger partial charge on any atom is 0.255 e. The molecule has 0 N–H and O–H groups in total. The third-order valence-electron chi connectivity index (χ3n) is 4.76. The topological polar surface area (TPSA) is 53.5 Å². The number of aromatic nitrogens is 1. The summed E-state index contributed by atoms with van der Waals surface area (Å²) in [5.74, 6) is -0.00124. The molecular formula is C21H25N3O2. The third kappa shape index (κ3) is 3.93. The van der Waals surface area contributed by atoms with Crippen molar-refractivity contribution in [2.24, 2.45) is 0 Å². The van der Waals surface area contributed by atoms with Crippen LogP contribution < -0.4 is 0 Å². The lowest BCUT2D eigenvalue weighted by atomic mass is 9.86. The second kappa shape index (κ2) is 7.28. The summed E-state index contributed by atoms with van der Waals surface area (Å²) in [5, 5.41) is 0. The average molecular weight is 351 g/mol. The molecule has 2 aromatic rings. The van der Waals surface area contributed by atoms with Crippen molar-refractivity contribution in [3.63, 3.8) is 0 Å². The van der Waals surface area contributed by atoms with Gasteiger partial charge in [-0.3, -0.25) is 14.6 Å². The Bertz CT molecular complexity index is 771. The highest BCUT2D eigenvalue weighted by Gasteiger charge is 2.25. The van der Waals surface area contributed by atoms with Crippen LogP contribution in [0.2, 0.25) is 0 Å². The zero-order chi connectivity index (χ0) is 18.7. The molecule has 2 heterocycles. The van der Waals surface area contributed by atoms with E-state index in [1.165, 1.54) is 5.56 Å². The van der Waals surface area contributed by atoms with Gasteiger partial charge in [0.2, 0.25) is 0 Å². The Hall–Kier alpha value is -2.69. The minimum atomic E-state index is -0.0280. The number of rotatable bonds is 2. The van der Waals surface area contributed by atoms with Crippen LogP contribution in [0.15, 0.2) is 48.8 Å². The fraction of sp³-hybridized carbons (Fsp3) is 0.381. The first kappa shape index (κ1) is 18.1. The molecule has 0 spiro atoms. The van der Waals surface area contributed by atoms with Gasteiger partial charge in [0.25, 0.3) is 11.8 Å². The van der Waals surface area contributed by atoms with Crippen molar-refractivity contribution in [3.05, 3.63) is 65.5 Å². The fourth-order valence-corrected chi connectivity index (χ4v) is 3.08. The third-order valence-corrected chi connectivity index (χ3v) is 4.76. The summed E-state index contributed by atoms with van der Waals surface area (Å²) in [4.78, 5) is 32.8. The van der Waals surface area contributed by atoms with Gasteiger partial charge >= 0.3 is 0 Å². The number of nitrogens with zero attached hydrogens (tertiary/aromatic N) is 3. The van der Waals surface area contributed by atoms with Gasteiger partial charge in [0.1, 0.15) is 0 Å². The largest absolute Gasteiger partial charge is 0.335 e. The molecular weight excluding hydrogens is 326 g/mol. The molecule has 0 aliphatic carbocycles. The van der Waals surface area contributed by atoms with Crippen molar-refractivity contribution in [1.82, 2.24) is 14.8 Å². The second-order valence-electron chi connectivity index (χ2n) is 7.65. The van der Waals surface area contributed by atoms with Crippen molar-refractivity contribution >= 4 is 11.8 Å². The molecule has 1 fully saturated rings. The number of carbonyl (C=O) groups is 2. The molecule has 1 aromatic heterocycles. The van der Waals surface area contributed by atoms with Crippen LogP contribution in [0.5, 0.6) is 0 Å². The van der Waals surface area contributed by atoms with E-state index in [0.29, 0.717) is 37.3 Å². The molecule has 5 nitrogen and oxygen atoms in total. The minimum absolute atomic E-state index is 0.0268. The standard InChI is InChI=1S/C21H25N3O2/c1-21(2,3)18-8-6-16(7-9-18)19(25)23-11-13-24(14-12-23)20(26)17-5-4-10-22-15-17/h4-10,15H,11-14H2,1-3H3. The Kier molecular flexibility index (Phi) is 5.07. The summed E-state index contributed by atoms with van der Waals surface area (Å²) >= 11 is 0. The van der Waals surface area contributed by atoms with Crippen LogP contribution in [0.1, 0.15) is 47.1 Å². The summed E-state index contributed by atoms with van der Waals surface area (Å²) in [6.07, 6.45) is 3.23. The summed E-state index contributed by atoms with van der Waals surface area (Å²) in [6.45, 7) is 8.64. The Balaban J connectivity index is 1.61. The van der Waals surface area contributed by atoms with E-state index in [1.54, 1.807) is 29.4 Å². The number of amides is 2. The maximum absolute atomic E-state index is 12.7. The van der Waals surface area contributed by atoms with Crippen LogP contribution in [0.3, 0.4) is 0 Å². The van der Waals surface area contributed by atoms with Gasteiger partial charge in [-0.15, -0.1) is 0 Å². The number of piperazine rings is 1. The summed E-state index contributed by atoms with van der Waals surface area (Å²) in [6, 6.07) is 11.4. The van der Waals surface area contributed by atoms with E-state index in [9.17, 15) is 9.59 Å². The fourth-order valence-electron chi connectivity index (χ4n) is 3.08. The van der Waals surface area contributed by atoms with Crippen LogP contribution in [0, 0.1) is 0 Å². The predicted octanol–water partition coefficient (Wildman–Crippen LogP) is 2.98. The SMILES string of the molecule is CC(C)(C)c1ccc(C(=O)N2CCN(C(=O)c3cccnc3)CC2)cc1. The molecule has 0 radical (unpaired) electrons. The van der Waals surface area contributed by atoms with E-state index in [1.807, 2.05) is 29.2 Å². The second-order valence-corrected chi connectivity index (χ2v) is 7.65. The van der Waals surface area contributed by atoms with Crippen molar-refractivity contribution < 1.29 is 9.59 Å². The molecule has 3 rings (SSSR count). The molecule has 0 saturated carbocycles. The first-order valence-corrected chi connectivity index (χ1v) is 8.95. The monoisotopic (exact) mass is 351 g/mol. The van der Waals surface area contributed by atoms with E-state index in [4.69, 9.17) is 0 Å². The van der Waals surface area contributed by atoms with Crippen LogP contribution in [0.4, 0.5) is 0 Å². The van der Waals surface area contributed by atoms with E-state index in [0.717, 1.165) is 0 Å². The molecule has 1 aromatic carbocycles.